The van der Waals surface area contributed by atoms with Gasteiger partial charge in [0.25, 0.3) is 0 Å². The van der Waals surface area contributed by atoms with E-state index in [0.717, 1.165) is 44.8 Å². The van der Waals surface area contributed by atoms with Gasteiger partial charge in [-0.05, 0) is 35.7 Å². The average molecular weight is 409 g/mol. The molecule has 0 fully saturated rings. The van der Waals surface area contributed by atoms with Crippen molar-refractivity contribution in [1.82, 2.24) is 9.97 Å². The Labute approximate surface area is 171 Å². The summed E-state index contributed by atoms with van der Waals surface area (Å²) >= 11 is 7.24. The number of carbonyl (C=O) groups excluding carboxylic acids is 1. The van der Waals surface area contributed by atoms with Gasteiger partial charge in [0.1, 0.15) is 11.3 Å². The molecule has 140 valence electrons. The summed E-state index contributed by atoms with van der Waals surface area (Å²) in [7, 11) is 0. The van der Waals surface area contributed by atoms with Crippen LogP contribution in [0.25, 0.3) is 22.4 Å². The highest BCUT2D eigenvalue weighted by Crippen LogP contribution is 2.30. The predicted octanol–water partition coefficient (Wildman–Crippen LogP) is 5.03. The number of aromatic nitrogens is 2. The first-order valence-corrected chi connectivity index (χ1v) is 9.89. The molecule has 0 aliphatic carbocycles. The normalized spacial score (nSPS) is 10.9. The molecule has 0 unspecified atom stereocenters. The number of aromatic amines is 1. The van der Waals surface area contributed by atoms with E-state index in [4.69, 9.17) is 16.7 Å². The molecule has 7 heteroatoms. The Morgan fingerprint density at radius 1 is 1.11 bits per heavy atom. The van der Waals surface area contributed by atoms with Gasteiger partial charge in [0, 0.05) is 16.3 Å². The second kappa shape index (κ2) is 8.06. The highest BCUT2D eigenvalue weighted by molar-refractivity contribution is 7.97. The van der Waals surface area contributed by atoms with Crippen molar-refractivity contribution in [3.63, 3.8) is 0 Å². The molecule has 0 spiro atoms. The van der Waals surface area contributed by atoms with Crippen LogP contribution in [0, 0.1) is 0 Å². The Bertz CT molecular complexity index is 1140. The highest BCUT2D eigenvalue weighted by atomic mass is 35.5. The van der Waals surface area contributed by atoms with Crippen molar-refractivity contribution in [2.24, 2.45) is 5.14 Å². The van der Waals surface area contributed by atoms with Gasteiger partial charge < -0.3 is 10.3 Å². The second-order valence-electron chi connectivity index (χ2n) is 6.26. The Morgan fingerprint density at radius 2 is 1.86 bits per heavy atom. The van der Waals surface area contributed by atoms with Crippen LogP contribution < -0.4 is 10.5 Å². The third-order valence-electron chi connectivity index (χ3n) is 4.32. The third kappa shape index (κ3) is 3.89. The van der Waals surface area contributed by atoms with Crippen LogP contribution in [0.5, 0.6) is 0 Å². The maximum atomic E-state index is 12.5. The van der Waals surface area contributed by atoms with Crippen molar-refractivity contribution in [2.75, 3.05) is 5.32 Å². The van der Waals surface area contributed by atoms with E-state index in [2.05, 4.69) is 15.3 Å². The van der Waals surface area contributed by atoms with Crippen molar-refractivity contribution in [2.45, 2.75) is 11.3 Å². The maximum Gasteiger partial charge on any atom is 0.228 e. The van der Waals surface area contributed by atoms with E-state index in [1.54, 1.807) is 6.07 Å². The number of hydrogen-bond donors (Lipinski definition) is 3. The summed E-state index contributed by atoms with van der Waals surface area (Å²) in [5, 5.41) is 9.34. The lowest BCUT2D eigenvalue weighted by Gasteiger charge is -2.08. The van der Waals surface area contributed by atoms with Gasteiger partial charge in [0.2, 0.25) is 5.91 Å². The Kier molecular flexibility index (Phi) is 5.34. The zero-order valence-electron chi connectivity index (χ0n) is 14.8. The lowest BCUT2D eigenvalue weighted by Crippen LogP contribution is -2.14. The van der Waals surface area contributed by atoms with E-state index >= 15 is 0 Å². The van der Waals surface area contributed by atoms with Gasteiger partial charge in [-0.2, -0.15) is 0 Å². The van der Waals surface area contributed by atoms with Crippen LogP contribution in [-0.4, -0.2) is 15.9 Å². The number of nitrogens with zero attached hydrogens (tertiary/aromatic N) is 1. The van der Waals surface area contributed by atoms with Crippen molar-refractivity contribution in [3.05, 3.63) is 77.3 Å². The zero-order chi connectivity index (χ0) is 19.5. The van der Waals surface area contributed by atoms with Crippen LogP contribution in [-0.2, 0) is 11.2 Å². The smallest absolute Gasteiger partial charge is 0.228 e. The number of nitrogens with two attached hydrogens (primary N) is 1. The molecule has 0 atom stereocenters. The fourth-order valence-corrected chi connectivity index (χ4v) is 3.67. The molecule has 4 aromatic rings. The van der Waals surface area contributed by atoms with E-state index in [1.807, 2.05) is 60.7 Å². The molecule has 0 bridgehead atoms. The number of nitrogens with one attached hydrogen (secondary N) is 2. The van der Waals surface area contributed by atoms with E-state index in [9.17, 15) is 4.79 Å². The monoisotopic (exact) mass is 408 g/mol. The number of halogens is 1. The van der Waals surface area contributed by atoms with Crippen molar-refractivity contribution < 1.29 is 4.79 Å². The van der Waals surface area contributed by atoms with E-state index in [1.165, 1.54) is 0 Å². The van der Waals surface area contributed by atoms with Crippen molar-refractivity contribution >= 4 is 46.2 Å². The lowest BCUT2D eigenvalue weighted by atomic mass is 10.1. The number of rotatable bonds is 5. The summed E-state index contributed by atoms with van der Waals surface area (Å²) in [6.07, 6.45) is 0.195. The standard InChI is InChI=1S/C21H17ClN4OS/c22-16-9-5-4-8-14(16)10-19(27)24-15-11-17-20(18(12-15)28-23)26-21(25-17)13-6-2-1-3-7-13/h1-9,11-12H,10,23H2,(H,24,27)(H,25,26). The number of fused-ring (bicyclic) bond motifs is 1. The summed E-state index contributed by atoms with van der Waals surface area (Å²) in [6, 6.07) is 20.8. The molecule has 5 nitrogen and oxygen atoms in total. The maximum absolute atomic E-state index is 12.5. The summed E-state index contributed by atoms with van der Waals surface area (Å²) in [4.78, 5) is 21.2. The minimum atomic E-state index is -0.150. The number of H-pyrrole nitrogens is 1. The summed E-state index contributed by atoms with van der Waals surface area (Å²) < 4.78 is 0. The largest absolute Gasteiger partial charge is 0.338 e. The van der Waals surface area contributed by atoms with E-state index in [-0.39, 0.29) is 12.3 Å². The predicted molar refractivity (Wildman–Crippen MR) is 115 cm³/mol. The molecule has 0 saturated heterocycles. The van der Waals surface area contributed by atoms with Gasteiger partial charge in [-0.3, -0.25) is 9.93 Å². The van der Waals surface area contributed by atoms with Crippen molar-refractivity contribution in [1.29, 1.82) is 0 Å². The molecule has 0 saturated carbocycles. The zero-order valence-corrected chi connectivity index (χ0v) is 16.3. The van der Waals surface area contributed by atoms with Gasteiger partial charge in [-0.15, -0.1) is 0 Å². The fourth-order valence-electron chi connectivity index (χ4n) is 3.00. The summed E-state index contributed by atoms with van der Waals surface area (Å²) in [5.41, 5.74) is 4.00. The Hall–Kier alpha value is -2.80. The van der Waals surface area contributed by atoms with Crippen molar-refractivity contribution in [3.8, 4) is 11.4 Å². The average Bonchev–Trinajstić information content (AvgIpc) is 3.14. The molecular formula is C21H17ClN4OS. The topological polar surface area (TPSA) is 83.8 Å². The molecule has 1 heterocycles. The SMILES string of the molecule is NSc1cc(NC(=O)Cc2ccccc2Cl)cc2[nH]c(-c3ccccc3)nc12. The first-order valence-electron chi connectivity index (χ1n) is 8.63. The first-order chi connectivity index (χ1) is 13.6. The van der Waals surface area contributed by atoms with Crippen LogP contribution >= 0.6 is 23.5 Å². The Balaban J connectivity index is 1.62. The van der Waals surface area contributed by atoms with Crippen LogP contribution in [0.3, 0.4) is 0 Å². The number of benzene rings is 3. The molecule has 0 aliphatic rings. The molecule has 28 heavy (non-hydrogen) atoms. The van der Waals surface area contributed by atoms with Gasteiger partial charge in [-0.1, -0.05) is 60.1 Å². The molecule has 0 aliphatic heterocycles. The fraction of sp³-hybridized carbons (Fsp3) is 0.0476. The number of anilines is 1. The minimum Gasteiger partial charge on any atom is -0.338 e. The number of amides is 1. The number of carbonyl (C=O) groups is 1. The van der Waals surface area contributed by atoms with Crippen LogP contribution in [0.15, 0.2) is 71.6 Å². The highest BCUT2D eigenvalue weighted by Gasteiger charge is 2.13. The van der Waals surface area contributed by atoms with E-state index < -0.39 is 0 Å². The summed E-state index contributed by atoms with van der Waals surface area (Å²) in [5.74, 6) is 0.605. The quantitative estimate of drug-likeness (QED) is 0.404. The van der Waals surface area contributed by atoms with Crippen LogP contribution in [0.4, 0.5) is 5.69 Å². The van der Waals surface area contributed by atoms with Crippen LogP contribution in [0.2, 0.25) is 5.02 Å². The number of imidazole rings is 1. The van der Waals surface area contributed by atoms with Gasteiger partial charge in [0.15, 0.2) is 0 Å². The second-order valence-corrected chi connectivity index (χ2v) is 7.34. The summed E-state index contributed by atoms with van der Waals surface area (Å²) in [6.45, 7) is 0. The van der Waals surface area contributed by atoms with Gasteiger partial charge in [-0.25, -0.2) is 4.98 Å². The molecule has 1 amide bonds. The molecule has 4 N–H and O–H groups in total. The molecule has 3 aromatic carbocycles. The molecule has 4 rings (SSSR count). The molecular weight excluding hydrogens is 392 g/mol. The van der Waals surface area contributed by atoms with Gasteiger partial charge >= 0.3 is 0 Å². The Morgan fingerprint density at radius 3 is 2.61 bits per heavy atom. The third-order valence-corrected chi connectivity index (χ3v) is 5.25. The molecule has 1 aromatic heterocycles. The minimum absolute atomic E-state index is 0.150. The van der Waals surface area contributed by atoms with Crippen LogP contribution in [0.1, 0.15) is 5.56 Å². The lowest BCUT2D eigenvalue weighted by molar-refractivity contribution is -0.115. The van der Waals surface area contributed by atoms with E-state index in [0.29, 0.717) is 10.7 Å². The first kappa shape index (κ1) is 18.6. The molecule has 0 radical (unpaired) electrons. The number of hydrogen-bond acceptors (Lipinski definition) is 4. The van der Waals surface area contributed by atoms with Gasteiger partial charge in [0.05, 0.1) is 16.8 Å².